The predicted molar refractivity (Wildman–Crippen MR) is 75.1 cm³/mol. The summed E-state index contributed by atoms with van der Waals surface area (Å²) in [5, 5.41) is 11.5. The number of hydrogen-bond acceptors (Lipinski definition) is 5. The maximum Gasteiger partial charge on any atom is 0.295 e. The Labute approximate surface area is 120 Å². The van der Waals surface area contributed by atoms with E-state index in [0.29, 0.717) is 17.3 Å². The van der Waals surface area contributed by atoms with Crippen molar-refractivity contribution in [3.8, 4) is 5.75 Å². The Morgan fingerprint density at radius 3 is 2.86 bits per heavy atom. The molecule has 0 bridgehead atoms. The number of rotatable bonds is 5. The molecule has 2 rings (SSSR count). The van der Waals surface area contributed by atoms with Crippen molar-refractivity contribution in [3.05, 3.63) is 35.9 Å². The molecule has 8 heteroatoms. The summed E-state index contributed by atoms with van der Waals surface area (Å²) < 4.78 is 5.29. The van der Waals surface area contributed by atoms with E-state index in [0.717, 1.165) is 0 Å². The number of aryl methyl sites for hydroxylation is 1. The Kier molecular flexibility index (Phi) is 4.50. The average Bonchev–Trinajstić information content (AvgIpc) is 2.92. The van der Waals surface area contributed by atoms with Gasteiger partial charge in [0.1, 0.15) is 11.6 Å². The molecule has 0 atom stereocenters. The smallest absolute Gasteiger partial charge is 0.295 e. The molecule has 2 amide bonds. The van der Waals surface area contributed by atoms with Crippen molar-refractivity contribution in [1.29, 1.82) is 0 Å². The van der Waals surface area contributed by atoms with Gasteiger partial charge in [0, 0.05) is 18.8 Å². The van der Waals surface area contributed by atoms with E-state index in [9.17, 15) is 9.59 Å². The van der Waals surface area contributed by atoms with E-state index < -0.39 is 5.91 Å². The van der Waals surface area contributed by atoms with Crippen LogP contribution >= 0.6 is 0 Å². The molecule has 0 aliphatic rings. The fourth-order valence-electron chi connectivity index (χ4n) is 1.52. The van der Waals surface area contributed by atoms with Crippen LogP contribution in [0.5, 0.6) is 5.75 Å². The fraction of sp³-hybridized carbons (Fsp3) is 0.231. The van der Waals surface area contributed by atoms with Gasteiger partial charge in [-0.15, -0.1) is 5.10 Å². The molecule has 0 radical (unpaired) electrons. The minimum atomic E-state index is -0.428. The summed E-state index contributed by atoms with van der Waals surface area (Å²) in [6, 6.07) is 6.71. The van der Waals surface area contributed by atoms with Gasteiger partial charge in [-0.1, -0.05) is 6.07 Å². The molecule has 0 saturated carbocycles. The molecule has 0 fully saturated rings. The first-order chi connectivity index (χ1) is 10.1. The lowest BCUT2D eigenvalue weighted by atomic mass is 10.3. The van der Waals surface area contributed by atoms with Crippen LogP contribution in [0.25, 0.3) is 0 Å². The number of likely N-dealkylation sites (N-methyl/N-ethyl adjacent to an activating group) is 1. The van der Waals surface area contributed by atoms with Crippen molar-refractivity contribution in [2.75, 3.05) is 19.0 Å². The minimum Gasteiger partial charge on any atom is -0.484 e. The maximum atomic E-state index is 11.9. The molecule has 0 saturated heterocycles. The highest BCUT2D eigenvalue weighted by Crippen LogP contribution is 2.17. The molecule has 8 nitrogen and oxygen atoms in total. The van der Waals surface area contributed by atoms with Gasteiger partial charge < -0.3 is 15.4 Å². The Bertz CT molecular complexity index is 653. The van der Waals surface area contributed by atoms with Crippen molar-refractivity contribution in [2.24, 2.45) is 0 Å². The number of benzene rings is 1. The second-order valence-electron chi connectivity index (χ2n) is 4.19. The van der Waals surface area contributed by atoms with E-state index in [4.69, 9.17) is 4.74 Å². The van der Waals surface area contributed by atoms with E-state index in [-0.39, 0.29) is 18.3 Å². The van der Waals surface area contributed by atoms with E-state index in [2.05, 4.69) is 25.8 Å². The van der Waals surface area contributed by atoms with E-state index in [1.807, 2.05) is 0 Å². The van der Waals surface area contributed by atoms with E-state index in [1.54, 1.807) is 31.2 Å². The van der Waals surface area contributed by atoms with Crippen LogP contribution in [0.2, 0.25) is 0 Å². The van der Waals surface area contributed by atoms with Crippen LogP contribution in [0.4, 0.5) is 5.69 Å². The first-order valence-electron chi connectivity index (χ1n) is 6.22. The lowest BCUT2D eigenvalue weighted by Crippen LogP contribution is -2.24. The number of anilines is 1. The summed E-state index contributed by atoms with van der Waals surface area (Å²) >= 11 is 0. The number of carbonyl (C=O) groups is 2. The summed E-state index contributed by atoms with van der Waals surface area (Å²) in [6.07, 6.45) is 0. The molecule has 0 unspecified atom stereocenters. The normalized spacial score (nSPS) is 10.0. The molecule has 2 aromatic rings. The van der Waals surface area contributed by atoms with Gasteiger partial charge in [-0.05, 0) is 19.1 Å². The molecule has 0 spiro atoms. The van der Waals surface area contributed by atoms with Crippen LogP contribution in [-0.2, 0) is 4.79 Å². The Balaban J connectivity index is 2.00. The number of aromatic amines is 1. The van der Waals surface area contributed by atoms with Gasteiger partial charge in [-0.2, -0.15) is 0 Å². The van der Waals surface area contributed by atoms with Crippen molar-refractivity contribution in [3.63, 3.8) is 0 Å². The molecule has 1 aromatic carbocycles. The van der Waals surface area contributed by atoms with Crippen LogP contribution in [0.15, 0.2) is 24.3 Å². The molecule has 0 aliphatic carbocycles. The topological polar surface area (TPSA) is 109 Å². The molecular formula is C13H15N5O3. The van der Waals surface area contributed by atoms with Crippen LogP contribution in [0.1, 0.15) is 16.4 Å². The molecule has 21 heavy (non-hydrogen) atoms. The fourth-order valence-corrected chi connectivity index (χ4v) is 1.52. The first kappa shape index (κ1) is 14.5. The largest absolute Gasteiger partial charge is 0.484 e. The number of amides is 2. The van der Waals surface area contributed by atoms with Crippen molar-refractivity contribution >= 4 is 17.5 Å². The van der Waals surface area contributed by atoms with Crippen LogP contribution in [0, 0.1) is 6.92 Å². The first-order valence-corrected chi connectivity index (χ1v) is 6.22. The summed E-state index contributed by atoms with van der Waals surface area (Å²) in [7, 11) is 1.53. The number of ether oxygens (including phenoxy) is 1. The van der Waals surface area contributed by atoms with Crippen molar-refractivity contribution in [1.82, 2.24) is 20.5 Å². The summed E-state index contributed by atoms with van der Waals surface area (Å²) in [4.78, 5) is 26.9. The molecule has 0 aliphatic heterocycles. The number of carbonyl (C=O) groups excluding carboxylic acids is 2. The monoisotopic (exact) mass is 289 g/mol. The SMILES string of the molecule is CNC(=O)COc1cccc(NC(=O)c2n[nH]c(C)n2)c1. The zero-order chi connectivity index (χ0) is 15.2. The third-order valence-corrected chi connectivity index (χ3v) is 2.54. The van der Waals surface area contributed by atoms with Gasteiger partial charge in [0.2, 0.25) is 5.82 Å². The molecular weight excluding hydrogens is 274 g/mol. The molecule has 3 N–H and O–H groups in total. The van der Waals surface area contributed by atoms with Crippen LogP contribution in [-0.4, -0.2) is 40.7 Å². The Morgan fingerprint density at radius 2 is 2.19 bits per heavy atom. The van der Waals surface area contributed by atoms with Crippen molar-refractivity contribution in [2.45, 2.75) is 6.92 Å². The zero-order valence-corrected chi connectivity index (χ0v) is 11.6. The number of H-pyrrole nitrogens is 1. The highest BCUT2D eigenvalue weighted by atomic mass is 16.5. The number of nitrogens with zero attached hydrogens (tertiary/aromatic N) is 2. The van der Waals surface area contributed by atoms with Gasteiger partial charge in [0.05, 0.1) is 0 Å². The Morgan fingerprint density at radius 1 is 1.38 bits per heavy atom. The van der Waals surface area contributed by atoms with Crippen molar-refractivity contribution < 1.29 is 14.3 Å². The lowest BCUT2D eigenvalue weighted by molar-refractivity contribution is -0.122. The maximum absolute atomic E-state index is 11.9. The summed E-state index contributed by atoms with van der Waals surface area (Å²) in [5.74, 6) is 0.429. The third kappa shape index (κ3) is 4.03. The van der Waals surface area contributed by atoms with Gasteiger partial charge >= 0.3 is 0 Å². The van der Waals surface area contributed by atoms with Crippen LogP contribution in [0.3, 0.4) is 0 Å². The lowest BCUT2D eigenvalue weighted by Gasteiger charge is -2.07. The molecule has 1 heterocycles. The standard InChI is InChI=1S/C13H15N5O3/c1-8-15-12(18-17-8)13(20)16-9-4-3-5-10(6-9)21-7-11(19)14-2/h3-6H,7H2,1-2H3,(H,14,19)(H,16,20)(H,15,17,18). The quantitative estimate of drug-likeness (QED) is 0.742. The number of aromatic nitrogens is 3. The second-order valence-corrected chi connectivity index (χ2v) is 4.19. The average molecular weight is 289 g/mol. The minimum absolute atomic E-state index is 0.0594. The summed E-state index contributed by atoms with van der Waals surface area (Å²) in [6.45, 7) is 1.62. The second kappa shape index (κ2) is 6.51. The van der Waals surface area contributed by atoms with E-state index in [1.165, 1.54) is 7.05 Å². The zero-order valence-electron chi connectivity index (χ0n) is 11.6. The van der Waals surface area contributed by atoms with E-state index >= 15 is 0 Å². The highest BCUT2D eigenvalue weighted by Gasteiger charge is 2.11. The summed E-state index contributed by atoms with van der Waals surface area (Å²) in [5.41, 5.74) is 0.525. The van der Waals surface area contributed by atoms with Gasteiger partial charge in [-0.25, -0.2) is 4.98 Å². The molecule has 1 aromatic heterocycles. The van der Waals surface area contributed by atoms with Gasteiger partial charge in [0.25, 0.3) is 11.8 Å². The Hall–Kier alpha value is -2.90. The third-order valence-electron chi connectivity index (χ3n) is 2.54. The molecule has 110 valence electrons. The number of hydrogen-bond donors (Lipinski definition) is 3. The van der Waals surface area contributed by atoms with Crippen LogP contribution < -0.4 is 15.4 Å². The number of nitrogens with one attached hydrogen (secondary N) is 3. The predicted octanol–water partition coefficient (Wildman–Crippen LogP) is 0.490. The van der Waals surface area contributed by atoms with Gasteiger partial charge in [-0.3, -0.25) is 14.7 Å². The van der Waals surface area contributed by atoms with Gasteiger partial charge in [0.15, 0.2) is 6.61 Å². The highest BCUT2D eigenvalue weighted by molar-refractivity contribution is 6.01.